The number of carbonyl (C=O) groups excluding carboxylic acids is 1. The van der Waals surface area contributed by atoms with Crippen molar-refractivity contribution < 1.29 is 18.1 Å². The fourth-order valence-corrected chi connectivity index (χ4v) is 4.27. The zero-order valence-electron chi connectivity index (χ0n) is 13.9. The van der Waals surface area contributed by atoms with E-state index in [-0.39, 0.29) is 31.6 Å². The Morgan fingerprint density at radius 2 is 1.92 bits per heavy atom. The van der Waals surface area contributed by atoms with Crippen LogP contribution >= 0.6 is 0 Å². The van der Waals surface area contributed by atoms with Crippen LogP contribution < -0.4 is 16.0 Å². The molecule has 0 radical (unpaired) electrons. The molecule has 0 saturated carbocycles. The van der Waals surface area contributed by atoms with Gasteiger partial charge in [0.05, 0.1) is 4.92 Å². The molecule has 9 nitrogen and oxygen atoms in total. The molecule has 25 heavy (non-hydrogen) atoms. The predicted octanol–water partition coefficient (Wildman–Crippen LogP) is 0.290. The van der Waals surface area contributed by atoms with Crippen molar-refractivity contribution in [3.8, 4) is 0 Å². The van der Waals surface area contributed by atoms with Crippen LogP contribution in [0.3, 0.4) is 0 Å². The van der Waals surface area contributed by atoms with Crippen molar-refractivity contribution >= 4 is 27.1 Å². The van der Waals surface area contributed by atoms with Gasteiger partial charge in [0.2, 0.25) is 5.91 Å². The minimum atomic E-state index is -3.56. The Balaban J connectivity index is 1.95. The maximum absolute atomic E-state index is 12.5. The van der Waals surface area contributed by atoms with Crippen molar-refractivity contribution in [1.82, 2.24) is 10.6 Å². The SMILES string of the molecule is CS(=O)(=O)C1(C(=O)NCCNc2ccccc2[N+](=O)[O-])CCNCC1. The summed E-state index contributed by atoms with van der Waals surface area (Å²) in [5, 5.41) is 19.5. The van der Waals surface area contributed by atoms with Crippen LogP contribution in [0.5, 0.6) is 0 Å². The third kappa shape index (κ3) is 4.26. The van der Waals surface area contributed by atoms with Crippen molar-refractivity contribution in [2.24, 2.45) is 0 Å². The first-order valence-electron chi connectivity index (χ1n) is 7.94. The minimum Gasteiger partial charge on any atom is -0.378 e. The first-order chi connectivity index (χ1) is 11.8. The zero-order chi connectivity index (χ0) is 18.5. The number of piperidine rings is 1. The highest BCUT2D eigenvalue weighted by molar-refractivity contribution is 7.92. The number of nitrogens with zero attached hydrogens (tertiary/aromatic N) is 1. The van der Waals surface area contributed by atoms with Crippen molar-refractivity contribution in [1.29, 1.82) is 0 Å². The van der Waals surface area contributed by atoms with E-state index in [0.29, 0.717) is 18.8 Å². The molecule has 0 atom stereocenters. The second-order valence-corrected chi connectivity index (χ2v) is 8.30. The normalized spacial score (nSPS) is 16.8. The van der Waals surface area contributed by atoms with Crippen LogP contribution in [0.4, 0.5) is 11.4 Å². The molecular formula is C15H22N4O5S. The molecule has 10 heteroatoms. The molecule has 1 amide bonds. The second kappa shape index (κ2) is 7.79. The molecule has 0 spiro atoms. The zero-order valence-corrected chi connectivity index (χ0v) is 14.8. The number of amides is 1. The van der Waals surface area contributed by atoms with Crippen LogP contribution in [0.25, 0.3) is 0 Å². The number of sulfone groups is 1. The van der Waals surface area contributed by atoms with Crippen LogP contribution in [0.2, 0.25) is 0 Å². The lowest BCUT2D eigenvalue weighted by atomic mass is 9.96. The summed E-state index contributed by atoms with van der Waals surface area (Å²) >= 11 is 0. The molecule has 0 aliphatic carbocycles. The minimum absolute atomic E-state index is 0.0558. The summed E-state index contributed by atoms with van der Waals surface area (Å²) in [6.45, 7) is 1.34. The molecule has 1 saturated heterocycles. The lowest BCUT2D eigenvalue weighted by molar-refractivity contribution is -0.384. The van der Waals surface area contributed by atoms with Gasteiger partial charge in [-0.2, -0.15) is 0 Å². The maximum Gasteiger partial charge on any atom is 0.292 e. The fraction of sp³-hybridized carbons (Fsp3) is 0.533. The quantitative estimate of drug-likeness (QED) is 0.357. The Hall–Kier alpha value is -2.20. The lowest BCUT2D eigenvalue weighted by Crippen LogP contribution is -2.57. The van der Waals surface area contributed by atoms with E-state index in [9.17, 15) is 23.3 Å². The Labute approximate surface area is 146 Å². The number of nitrogens with one attached hydrogen (secondary N) is 3. The van der Waals surface area contributed by atoms with Crippen LogP contribution in [0.15, 0.2) is 24.3 Å². The molecule has 0 unspecified atom stereocenters. The number of nitro groups is 1. The van der Waals surface area contributed by atoms with E-state index >= 15 is 0 Å². The number of hydrogen-bond donors (Lipinski definition) is 3. The number of para-hydroxylation sites is 2. The van der Waals surface area contributed by atoms with Gasteiger partial charge in [-0.3, -0.25) is 14.9 Å². The number of benzene rings is 1. The molecular weight excluding hydrogens is 348 g/mol. The molecule has 138 valence electrons. The Morgan fingerprint density at radius 1 is 1.28 bits per heavy atom. The third-order valence-corrected chi connectivity index (χ3v) is 6.37. The van der Waals surface area contributed by atoms with Gasteiger partial charge < -0.3 is 16.0 Å². The summed E-state index contributed by atoms with van der Waals surface area (Å²) in [6.07, 6.45) is 1.55. The van der Waals surface area contributed by atoms with Gasteiger partial charge in [-0.15, -0.1) is 0 Å². The van der Waals surface area contributed by atoms with E-state index in [0.717, 1.165) is 6.26 Å². The van der Waals surface area contributed by atoms with Gasteiger partial charge in [-0.25, -0.2) is 8.42 Å². The van der Waals surface area contributed by atoms with Gasteiger partial charge in [-0.1, -0.05) is 12.1 Å². The standard InChI is InChI=1S/C15H22N4O5S/c1-25(23,24)15(6-8-16-9-7-15)14(20)18-11-10-17-12-4-2-3-5-13(12)19(21)22/h2-5,16-17H,6-11H2,1H3,(H,18,20). The predicted molar refractivity (Wildman–Crippen MR) is 94.3 cm³/mol. The van der Waals surface area contributed by atoms with E-state index < -0.39 is 25.4 Å². The molecule has 1 aliphatic heterocycles. The number of carbonyl (C=O) groups is 1. The van der Waals surface area contributed by atoms with Gasteiger partial charge in [0.1, 0.15) is 5.69 Å². The summed E-state index contributed by atoms with van der Waals surface area (Å²) < 4.78 is 22.9. The van der Waals surface area contributed by atoms with Crippen LogP contribution in [0, 0.1) is 10.1 Å². The summed E-state index contributed by atoms with van der Waals surface area (Å²) in [6, 6.07) is 6.19. The third-order valence-electron chi connectivity index (χ3n) is 4.36. The monoisotopic (exact) mass is 370 g/mol. The number of hydrogen-bond acceptors (Lipinski definition) is 7. The number of anilines is 1. The highest BCUT2D eigenvalue weighted by atomic mass is 32.2. The van der Waals surface area contributed by atoms with Gasteiger partial charge in [-0.05, 0) is 32.0 Å². The smallest absolute Gasteiger partial charge is 0.292 e. The summed E-state index contributed by atoms with van der Waals surface area (Å²) in [5.41, 5.74) is 0.293. The van der Waals surface area contributed by atoms with Crippen molar-refractivity contribution in [3.63, 3.8) is 0 Å². The number of nitro benzene ring substituents is 1. The second-order valence-electron chi connectivity index (χ2n) is 5.97. The summed E-state index contributed by atoms with van der Waals surface area (Å²) in [5.74, 6) is -0.513. The van der Waals surface area contributed by atoms with E-state index in [1.165, 1.54) is 6.07 Å². The largest absolute Gasteiger partial charge is 0.378 e. The molecule has 1 aromatic carbocycles. The van der Waals surface area contributed by atoms with Gasteiger partial charge in [0.25, 0.3) is 5.69 Å². The van der Waals surface area contributed by atoms with Crippen molar-refractivity contribution in [2.45, 2.75) is 17.6 Å². The van der Waals surface area contributed by atoms with Crippen LogP contribution in [-0.4, -0.2) is 56.4 Å². The molecule has 0 aromatic heterocycles. The first-order valence-corrected chi connectivity index (χ1v) is 9.83. The van der Waals surface area contributed by atoms with Gasteiger partial charge in [0.15, 0.2) is 14.6 Å². The number of rotatable bonds is 7. The Morgan fingerprint density at radius 3 is 2.52 bits per heavy atom. The highest BCUT2D eigenvalue weighted by Crippen LogP contribution is 2.28. The topological polar surface area (TPSA) is 130 Å². The molecule has 2 rings (SSSR count). The summed E-state index contributed by atoms with van der Waals surface area (Å²) in [7, 11) is -3.56. The van der Waals surface area contributed by atoms with Crippen LogP contribution in [0.1, 0.15) is 12.8 Å². The molecule has 3 N–H and O–H groups in total. The first kappa shape index (κ1) is 19.1. The van der Waals surface area contributed by atoms with E-state index in [4.69, 9.17) is 0 Å². The Kier molecular flexibility index (Phi) is 5.96. The van der Waals surface area contributed by atoms with Crippen molar-refractivity contribution in [2.75, 3.05) is 37.8 Å². The van der Waals surface area contributed by atoms with E-state index in [1.54, 1.807) is 18.2 Å². The van der Waals surface area contributed by atoms with E-state index in [2.05, 4.69) is 16.0 Å². The molecule has 1 fully saturated rings. The van der Waals surface area contributed by atoms with Crippen molar-refractivity contribution in [3.05, 3.63) is 34.4 Å². The van der Waals surface area contributed by atoms with Gasteiger partial charge >= 0.3 is 0 Å². The lowest BCUT2D eigenvalue weighted by Gasteiger charge is -2.34. The van der Waals surface area contributed by atoms with Crippen LogP contribution in [-0.2, 0) is 14.6 Å². The summed E-state index contributed by atoms with van der Waals surface area (Å²) in [4.78, 5) is 23.0. The fourth-order valence-electron chi connectivity index (χ4n) is 2.91. The van der Waals surface area contributed by atoms with E-state index in [1.807, 2.05) is 0 Å². The average molecular weight is 370 g/mol. The molecule has 1 heterocycles. The molecule has 1 aliphatic rings. The maximum atomic E-state index is 12.5. The average Bonchev–Trinajstić information content (AvgIpc) is 2.58. The molecule has 0 bridgehead atoms. The highest BCUT2D eigenvalue weighted by Gasteiger charge is 2.48. The Bertz CT molecular complexity index is 744. The van der Waals surface area contributed by atoms with Gasteiger partial charge in [0, 0.05) is 25.4 Å². The molecule has 1 aromatic rings.